The van der Waals surface area contributed by atoms with Crippen LogP contribution in [0.5, 0.6) is 11.5 Å². The molecule has 1 N–H and O–H groups in total. The van der Waals surface area contributed by atoms with Crippen molar-refractivity contribution in [1.29, 1.82) is 0 Å². The third-order valence-corrected chi connectivity index (χ3v) is 5.76. The molecular weight excluding hydrogens is 404 g/mol. The van der Waals surface area contributed by atoms with Gasteiger partial charge in [-0.25, -0.2) is 9.97 Å². The van der Waals surface area contributed by atoms with Crippen LogP contribution in [-0.2, 0) is 4.79 Å². The zero-order valence-corrected chi connectivity index (χ0v) is 18.7. The van der Waals surface area contributed by atoms with Gasteiger partial charge in [-0.2, -0.15) is 0 Å². The molecule has 166 valence electrons. The van der Waals surface area contributed by atoms with Gasteiger partial charge in [0.1, 0.15) is 11.5 Å². The Hall–Kier alpha value is -3.61. The minimum absolute atomic E-state index is 0.0329. The molecule has 1 atom stereocenters. The van der Waals surface area contributed by atoms with Crippen molar-refractivity contribution < 1.29 is 14.3 Å². The number of hydrogen-bond donors (Lipinski definition) is 1. The predicted octanol–water partition coefficient (Wildman–Crippen LogP) is 4.32. The molecule has 1 fully saturated rings. The molecule has 2 aromatic carbocycles. The smallest absolute Gasteiger partial charge is 0.229 e. The molecule has 1 amide bonds. The molecule has 0 bridgehead atoms. The first-order valence-corrected chi connectivity index (χ1v) is 10.7. The van der Waals surface area contributed by atoms with E-state index in [2.05, 4.69) is 51.4 Å². The molecule has 1 aliphatic rings. The lowest BCUT2D eigenvalue weighted by molar-refractivity contribution is -0.120. The van der Waals surface area contributed by atoms with Crippen LogP contribution >= 0.6 is 0 Å². The largest absolute Gasteiger partial charge is 0.497 e. The Labute approximate surface area is 188 Å². The van der Waals surface area contributed by atoms with Crippen molar-refractivity contribution >= 4 is 17.5 Å². The maximum Gasteiger partial charge on any atom is 0.229 e. The Morgan fingerprint density at radius 3 is 2.47 bits per heavy atom. The number of piperidine rings is 1. The van der Waals surface area contributed by atoms with Crippen molar-refractivity contribution in [1.82, 2.24) is 9.97 Å². The number of carbonyl (C=O) groups is 1. The van der Waals surface area contributed by atoms with E-state index in [0.29, 0.717) is 29.7 Å². The minimum atomic E-state index is -0.157. The fourth-order valence-electron chi connectivity index (χ4n) is 3.89. The van der Waals surface area contributed by atoms with Gasteiger partial charge in [-0.1, -0.05) is 29.8 Å². The number of anilines is 2. The van der Waals surface area contributed by atoms with Gasteiger partial charge in [0.15, 0.2) is 0 Å². The Kier molecular flexibility index (Phi) is 6.54. The first-order chi connectivity index (χ1) is 15.6. The highest BCUT2D eigenvalue weighted by atomic mass is 16.5. The lowest BCUT2D eigenvalue weighted by atomic mass is 9.97. The molecule has 0 radical (unpaired) electrons. The molecule has 7 heteroatoms. The van der Waals surface area contributed by atoms with Crippen molar-refractivity contribution in [3.05, 3.63) is 60.4 Å². The number of nitrogens with one attached hydrogen (secondary N) is 1. The number of ether oxygens (including phenoxy) is 2. The summed E-state index contributed by atoms with van der Waals surface area (Å²) < 4.78 is 10.6. The van der Waals surface area contributed by atoms with E-state index in [1.807, 2.05) is 12.4 Å². The summed E-state index contributed by atoms with van der Waals surface area (Å²) in [7, 11) is 3.17. The van der Waals surface area contributed by atoms with Crippen LogP contribution in [0.4, 0.5) is 11.6 Å². The van der Waals surface area contributed by atoms with Crippen LogP contribution in [0, 0.1) is 12.8 Å². The quantitative estimate of drug-likeness (QED) is 0.625. The molecule has 0 saturated carbocycles. The zero-order chi connectivity index (χ0) is 22.5. The number of methoxy groups -OCH3 is 2. The van der Waals surface area contributed by atoms with Gasteiger partial charge in [0.2, 0.25) is 11.9 Å². The van der Waals surface area contributed by atoms with E-state index in [4.69, 9.17) is 9.47 Å². The number of carbonyl (C=O) groups excluding carboxylic acids is 1. The standard InChI is InChI=1S/C25H28N4O3/c1-17-6-8-18(9-7-17)20-14-26-25(27-15-20)29-12-4-5-19(16-29)24(30)28-22-11-10-21(31-2)13-23(22)32-3/h6-11,13-15,19H,4-5,12,16H2,1-3H3,(H,28,30)/t19-/m0/s1. The third-order valence-electron chi connectivity index (χ3n) is 5.76. The maximum absolute atomic E-state index is 13.0. The first kappa shape index (κ1) is 21.6. The van der Waals surface area contributed by atoms with Gasteiger partial charge < -0.3 is 19.7 Å². The zero-order valence-electron chi connectivity index (χ0n) is 18.7. The Morgan fingerprint density at radius 1 is 1.03 bits per heavy atom. The summed E-state index contributed by atoms with van der Waals surface area (Å²) in [5.41, 5.74) is 3.92. The van der Waals surface area contributed by atoms with E-state index in [-0.39, 0.29) is 11.8 Å². The van der Waals surface area contributed by atoms with Crippen molar-refractivity contribution in [2.24, 2.45) is 5.92 Å². The van der Waals surface area contributed by atoms with Crippen LogP contribution < -0.4 is 19.7 Å². The fraction of sp³-hybridized carbons (Fsp3) is 0.320. The van der Waals surface area contributed by atoms with Gasteiger partial charge in [0.25, 0.3) is 0 Å². The van der Waals surface area contributed by atoms with Crippen molar-refractivity contribution in [3.8, 4) is 22.6 Å². The Morgan fingerprint density at radius 2 is 1.78 bits per heavy atom. The highest BCUT2D eigenvalue weighted by Crippen LogP contribution is 2.30. The number of aromatic nitrogens is 2. The molecule has 32 heavy (non-hydrogen) atoms. The second kappa shape index (κ2) is 9.68. The van der Waals surface area contributed by atoms with Crippen LogP contribution in [0.15, 0.2) is 54.9 Å². The highest BCUT2D eigenvalue weighted by molar-refractivity contribution is 5.94. The van der Waals surface area contributed by atoms with Crippen LogP contribution in [-0.4, -0.2) is 43.2 Å². The lowest BCUT2D eigenvalue weighted by Crippen LogP contribution is -2.41. The molecule has 4 rings (SSSR count). The van der Waals surface area contributed by atoms with Crippen LogP contribution in [0.1, 0.15) is 18.4 Å². The van der Waals surface area contributed by atoms with E-state index < -0.39 is 0 Å². The van der Waals surface area contributed by atoms with E-state index in [1.54, 1.807) is 32.4 Å². The van der Waals surface area contributed by atoms with Gasteiger partial charge in [-0.3, -0.25) is 4.79 Å². The van der Waals surface area contributed by atoms with Gasteiger partial charge >= 0.3 is 0 Å². The van der Waals surface area contributed by atoms with Crippen molar-refractivity contribution in [3.63, 3.8) is 0 Å². The number of hydrogen-bond acceptors (Lipinski definition) is 6. The summed E-state index contributed by atoms with van der Waals surface area (Å²) >= 11 is 0. The first-order valence-electron chi connectivity index (χ1n) is 10.7. The average molecular weight is 433 g/mol. The normalized spacial score (nSPS) is 15.8. The SMILES string of the molecule is COc1ccc(NC(=O)[C@H]2CCCN(c3ncc(-c4ccc(C)cc4)cn3)C2)c(OC)c1. The maximum atomic E-state index is 13.0. The van der Waals surface area contributed by atoms with E-state index in [1.165, 1.54) is 5.56 Å². The lowest BCUT2D eigenvalue weighted by Gasteiger charge is -2.32. The summed E-state index contributed by atoms with van der Waals surface area (Å²) in [6.07, 6.45) is 5.42. The summed E-state index contributed by atoms with van der Waals surface area (Å²) in [5, 5.41) is 3.00. The number of amides is 1. The molecule has 0 spiro atoms. The number of benzene rings is 2. The minimum Gasteiger partial charge on any atom is -0.497 e. The Bertz CT molecular complexity index is 1070. The number of nitrogens with zero attached hydrogens (tertiary/aromatic N) is 3. The highest BCUT2D eigenvalue weighted by Gasteiger charge is 2.27. The fourth-order valence-corrected chi connectivity index (χ4v) is 3.89. The van der Waals surface area contributed by atoms with Crippen LogP contribution in [0.3, 0.4) is 0 Å². The number of aryl methyl sites for hydroxylation is 1. The van der Waals surface area contributed by atoms with Gasteiger partial charge in [-0.05, 0) is 37.5 Å². The molecule has 1 aliphatic heterocycles. The molecular formula is C25H28N4O3. The second-order valence-electron chi connectivity index (χ2n) is 7.98. The third kappa shape index (κ3) is 4.82. The molecule has 0 aliphatic carbocycles. The molecule has 7 nitrogen and oxygen atoms in total. The van der Waals surface area contributed by atoms with Crippen molar-refractivity contribution in [2.75, 3.05) is 37.5 Å². The molecule has 1 aromatic heterocycles. The van der Waals surface area contributed by atoms with Gasteiger partial charge in [-0.15, -0.1) is 0 Å². The summed E-state index contributed by atoms with van der Waals surface area (Å²) in [6.45, 7) is 3.48. The monoisotopic (exact) mass is 432 g/mol. The van der Waals surface area contributed by atoms with E-state index in [9.17, 15) is 4.79 Å². The van der Waals surface area contributed by atoms with E-state index in [0.717, 1.165) is 30.5 Å². The number of rotatable bonds is 6. The molecule has 0 unspecified atom stereocenters. The predicted molar refractivity (Wildman–Crippen MR) is 125 cm³/mol. The van der Waals surface area contributed by atoms with Crippen LogP contribution in [0.2, 0.25) is 0 Å². The summed E-state index contributed by atoms with van der Waals surface area (Å²) in [4.78, 5) is 24.2. The van der Waals surface area contributed by atoms with Gasteiger partial charge in [0.05, 0.1) is 25.8 Å². The molecule has 3 aromatic rings. The van der Waals surface area contributed by atoms with Crippen molar-refractivity contribution in [2.45, 2.75) is 19.8 Å². The topological polar surface area (TPSA) is 76.6 Å². The Balaban J connectivity index is 1.43. The summed E-state index contributed by atoms with van der Waals surface area (Å²) in [5.74, 6) is 1.71. The molecule has 2 heterocycles. The molecule has 1 saturated heterocycles. The second-order valence-corrected chi connectivity index (χ2v) is 7.98. The van der Waals surface area contributed by atoms with Crippen LogP contribution in [0.25, 0.3) is 11.1 Å². The summed E-state index contributed by atoms with van der Waals surface area (Å²) in [6, 6.07) is 13.7. The average Bonchev–Trinajstić information content (AvgIpc) is 2.85. The van der Waals surface area contributed by atoms with E-state index >= 15 is 0 Å². The van der Waals surface area contributed by atoms with Gasteiger partial charge in [0, 0.05) is 37.1 Å².